The van der Waals surface area contributed by atoms with Crippen molar-refractivity contribution in [3.8, 4) is 0 Å². The Morgan fingerprint density at radius 3 is 2.26 bits per heavy atom. The van der Waals surface area contributed by atoms with Gasteiger partial charge in [0.05, 0.1) is 12.8 Å². The van der Waals surface area contributed by atoms with E-state index in [4.69, 9.17) is 4.74 Å². The SMILES string of the molecule is C=Cn1cc[n+](CC(=O)OCCCCCCCCCCCC)c1. The molecule has 0 unspecified atom stereocenters. The Kier molecular flexibility index (Phi) is 10.9. The maximum Gasteiger partial charge on any atom is 0.348 e. The van der Waals surface area contributed by atoms with Gasteiger partial charge >= 0.3 is 5.97 Å². The summed E-state index contributed by atoms with van der Waals surface area (Å²) in [5.74, 6) is -0.173. The van der Waals surface area contributed by atoms with Crippen LogP contribution in [-0.4, -0.2) is 17.1 Å². The third kappa shape index (κ3) is 9.93. The van der Waals surface area contributed by atoms with Gasteiger partial charge in [-0.05, 0) is 6.42 Å². The van der Waals surface area contributed by atoms with Crippen LogP contribution in [0.15, 0.2) is 25.3 Å². The third-order valence-corrected chi connectivity index (χ3v) is 4.00. The number of hydrogen-bond donors (Lipinski definition) is 0. The molecule has 4 nitrogen and oxygen atoms in total. The maximum absolute atomic E-state index is 11.7. The number of carbonyl (C=O) groups is 1. The zero-order valence-corrected chi connectivity index (χ0v) is 14.7. The second-order valence-corrected chi connectivity index (χ2v) is 6.12. The van der Waals surface area contributed by atoms with Gasteiger partial charge in [0, 0.05) is 0 Å². The van der Waals surface area contributed by atoms with E-state index in [2.05, 4.69) is 13.5 Å². The van der Waals surface area contributed by atoms with E-state index in [9.17, 15) is 4.79 Å². The summed E-state index contributed by atoms with van der Waals surface area (Å²) in [7, 11) is 0. The molecule has 0 saturated carbocycles. The third-order valence-electron chi connectivity index (χ3n) is 4.00. The number of esters is 1. The molecule has 0 spiro atoms. The lowest BCUT2D eigenvalue weighted by atomic mass is 10.1. The highest BCUT2D eigenvalue weighted by atomic mass is 16.5. The number of hydrogen-bond acceptors (Lipinski definition) is 2. The van der Waals surface area contributed by atoms with E-state index in [-0.39, 0.29) is 12.5 Å². The highest BCUT2D eigenvalue weighted by Crippen LogP contribution is 2.10. The van der Waals surface area contributed by atoms with Crippen molar-refractivity contribution in [1.29, 1.82) is 0 Å². The maximum atomic E-state index is 11.7. The first-order valence-corrected chi connectivity index (χ1v) is 9.11. The average Bonchev–Trinajstić information content (AvgIpc) is 3.00. The fourth-order valence-corrected chi connectivity index (χ4v) is 2.58. The molecular formula is C19H33N2O2+. The fourth-order valence-electron chi connectivity index (χ4n) is 2.58. The van der Waals surface area contributed by atoms with Gasteiger partial charge in [-0.25, -0.2) is 13.9 Å². The van der Waals surface area contributed by atoms with Crippen molar-refractivity contribution < 1.29 is 14.1 Å². The molecule has 0 bridgehead atoms. The number of rotatable bonds is 14. The van der Waals surface area contributed by atoms with Crippen molar-refractivity contribution in [2.75, 3.05) is 6.61 Å². The van der Waals surface area contributed by atoms with Gasteiger partial charge in [-0.15, -0.1) is 0 Å². The van der Waals surface area contributed by atoms with Gasteiger partial charge in [-0.2, -0.15) is 0 Å². The number of carbonyl (C=O) groups excluding carboxylic acids is 1. The number of ether oxygens (including phenoxy) is 1. The smallest absolute Gasteiger partial charge is 0.348 e. The second kappa shape index (κ2) is 12.9. The summed E-state index contributed by atoms with van der Waals surface area (Å²) < 4.78 is 8.86. The summed E-state index contributed by atoms with van der Waals surface area (Å²) in [4.78, 5) is 11.7. The Morgan fingerprint density at radius 2 is 1.70 bits per heavy atom. The van der Waals surface area contributed by atoms with E-state index in [1.807, 2.05) is 18.7 Å². The van der Waals surface area contributed by atoms with Crippen LogP contribution in [0.25, 0.3) is 6.20 Å². The molecule has 130 valence electrons. The van der Waals surface area contributed by atoms with Gasteiger partial charge in [-0.1, -0.05) is 71.3 Å². The molecule has 0 N–H and O–H groups in total. The minimum Gasteiger partial charge on any atom is -0.463 e. The van der Waals surface area contributed by atoms with Crippen LogP contribution < -0.4 is 4.57 Å². The number of imidazole rings is 1. The Labute approximate surface area is 141 Å². The van der Waals surface area contributed by atoms with Crippen LogP contribution >= 0.6 is 0 Å². The molecule has 1 rings (SSSR count). The van der Waals surface area contributed by atoms with Gasteiger partial charge < -0.3 is 4.74 Å². The first-order valence-electron chi connectivity index (χ1n) is 9.11. The van der Waals surface area contributed by atoms with Crippen molar-refractivity contribution in [3.63, 3.8) is 0 Å². The summed E-state index contributed by atoms with van der Waals surface area (Å²) in [5.41, 5.74) is 0. The van der Waals surface area contributed by atoms with E-state index in [1.165, 1.54) is 51.4 Å². The molecule has 0 atom stereocenters. The lowest BCUT2D eigenvalue weighted by Gasteiger charge is -2.04. The van der Waals surface area contributed by atoms with Crippen molar-refractivity contribution >= 4 is 12.2 Å². The Morgan fingerprint density at radius 1 is 1.09 bits per heavy atom. The number of unbranched alkanes of at least 4 members (excludes halogenated alkanes) is 9. The molecule has 0 aromatic carbocycles. The van der Waals surface area contributed by atoms with Crippen LogP contribution in [0.1, 0.15) is 71.1 Å². The van der Waals surface area contributed by atoms with Crippen molar-refractivity contribution in [3.05, 3.63) is 25.3 Å². The van der Waals surface area contributed by atoms with E-state index in [0.717, 1.165) is 12.8 Å². The molecule has 0 saturated heterocycles. The van der Waals surface area contributed by atoms with Crippen LogP contribution in [0.5, 0.6) is 0 Å². The highest BCUT2D eigenvalue weighted by molar-refractivity contribution is 5.67. The topological polar surface area (TPSA) is 35.1 Å². The van der Waals surface area contributed by atoms with Gasteiger partial charge in [0.1, 0.15) is 12.4 Å². The molecule has 0 radical (unpaired) electrons. The summed E-state index contributed by atoms with van der Waals surface area (Å²) >= 11 is 0. The highest BCUT2D eigenvalue weighted by Gasteiger charge is 2.09. The Balaban J connectivity index is 1.90. The molecule has 1 heterocycles. The van der Waals surface area contributed by atoms with E-state index < -0.39 is 0 Å². The van der Waals surface area contributed by atoms with Crippen LogP contribution in [0.2, 0.25) is 0 Å². The van der Waals surface area contributed by atoms with Crippen molar-refractivity contribution in [2.24, 2.45) is 0 Å². The first-order chi connectivity index (χ1) is 11.3. The second-order valence-electron chi connectivity index (χ2n) is 6.12. The summed E-state index contributed by atoms with van der Waals surface area (Å²) in [5, 5.41) is 0. The average molecular weight is 321 g/mol. The molecule has 1 aromatic heterocycles. The van der Waals surface area contributed by atoms with Gasteiger partial charge in [0.25, 0.3) is 0 Å². The standard InChI is InChI=1S/C19H33N2O2/c1-3-5-6-7-8-9-10-11-12-13-16-23-19(22)17-21-15-14-20(4-2)18-21/h4,14-15,18H,2-3,5-13,16-17H2,1H3/q+1. The van der Waals surface area contributed by atoms with Crippen molar-refractivity contribution in [2.45, 2.75) is 77.7 Å². The molecular weight excluding hydrogens is 288 g/mol. The van der Waals surface area contributed by atoms with Crippen LogP contribution in [-0.2, 0) is 16.1 Å². The lowest BCUT2D eigenvalue weighted by Crippen LogP contribution is -2.36. The first kappa shape index (κ1) is 19.5. The lowest BCUT2D eigenvalue weighted by molar-refractivity contribution is -0.685. The van der Waals surface area contributed by atoms with Crippen LogP contribution in [0.4, 0.5) is 0 Å². The predicted octanol–water partition coefficient (Wildman–Crippen LogP) is 4.34. The molecule has 4 heteroatoms. The Hall–Kier alpha value is -1.58. The van der Waals surface area contributed by atoms with Crippen LogP contribution in [0, 0.1) is 0 Å². The quantitative estimate of drug-likeness (QED) is 0.290. The molecule has 0 fully saturated rings. The van der Waals surface area contributed by atoms with Gasteiger partial charge in [0.15, 0.2) is 6.54 Å². The summed E-state index contributed by atoms with van der Waals surface area (Å²) in [6.45, 7) is 6.72. The zero-order valence-electron chi connectivity index (χ0n) is 14.7. The van der Waals surface area contributed by atoms with Gasteiger partial charge in [-0.3, -0.25) is 0 Å². The summed E-state index contributed by atoms with van der Waals surface area (Å²) in [6.07, 6.45) is 20.1. The largest absolute Gasteiger partial charge is 0.463 e. The molecule has 23 heavy (non-hydrogen) atoms. The molecule has 1 aromatic rings. The van der Waals surface area contributed by atoms with Crippen molar-refractivity contribution in [1.82, 2.24) is 4.57 Å². The molecule has 0 aliphatic rings. The fraction of sp³-hybridized carbons (Fsp3) is 0.684. The van der Waals surface area contributed by atoms with Crippen LogP contribution in [0.3, 0.4) is 0 Å². The zero-order chi connectivity index (χ0) is 16.8. The van der Waals surface area contributed by atoms with Gasteiger partial charge in [0.2, 0.25) is 6.33 Å². The predicted molar refractivity (Wildman–Crippen MR) is 93.8 cm³/mol. The summed E-state index contributed by atoms with van der Waals surface area (Å²) in [6, 6.07) is 0. The van der Waals surface area contributed by atoms with E-state index >= 15 is 0 Å². The minimum atomic E-state index is -0.173. The molecule has 0 aliphatic carbocycles. The molecule has 0 aliphatic heterocycles. The molecule has 0 amide bonds. The Bertz CT molecular complexity index is 440. The van der Waals surface area contributed by atoms with E-state index in [1.54, 1.807) is 15.3 Å². The minimum absolute atomic E-state index is 0.173. The van der Waals surface area contributed by atoms with E-state index in [0.29, 0.717) is 6.61 Å². The normalized spacial score (nSPS) is 10.7. The number of aromatic nitrogens is 2. The monoisotopic (exact) mass is 321 g/mol. The number of nitrogens with zero attached hydrogens (tertiary/aromatic N) is 2.